The maximum atomic E-state index is 12.2. The molecule has 0 unspecified atom stereocenters. The second-order valence-corrected chi connectivity index (χ2v) is 5.60. The zero-order chi connectivity index (χ0) is 17.0. The van der Waals surface area contributed by atoms with Crippen LogP contribution in [-0.2, 0) is 20.7 Å². The molecular weight excluding hydrogens is 298 g/mol. The third-order valence-corrected chi connectivity index (χ3v) is 3.51. The number of ketones is 1. The largest absolute Gasteiger partial charge is 0.497 e. The van der Waals surface area contributed by atoms with Crippen molar-refractivity contribution in [3.05, 3.63) is 35.7 Å². The molecular formula is C17H21NO5. The number of amides is 1. The molecule has 0 spiro atoms. The Morgan fingerprint density at radius 2 is 2.09 bits per heavy atom. The van der Waals surface area contributed by atoms with E-state index in [2.05, 4.69) is 5.32 Å². The van der Waals surface area contributed by atoms with Gasteiger partial charge in [0.1, 0.15) is 11.5 Å². The molecule has 1 saturated heterocycles. The quantitative estimate of drug-likeness (QED) is 0.810. The molecule has 23 heavy (non-hydrogen) atoms. The van der Waals surface area contributed by atoms with Crippen LogP contribution in [-0.4, -0.2) is 32.0 Å². The molecule has 6 heteroatoms. The van der Waals surface area contributed by atoms with Crippen molar-refractivity contribution in [2.45, 2.75) is 26.4 Å². The lowest BCUT2D eigenvalue weighted by molar-refractivity contribution is -0.125. The van der Waals surface area contributed by atoms with Crippen molar-refractivity contribution in [1.82, 2.24) is 5.32 Å². The molecule has 1 aromatic carbocycles. The highest BCUT2D eigenvalue weighted by molar-refractivity contribution is 5.94. The fourth-order valence-corrected chi connectivity index (χ4v) is 2.33. The minimum absolute atomic E-state index is 0.0366. The van der Waals surface area contributed by atoms with Crippen LogP contribution >= 0.6 is 0 Å². The van der Waals surface area contributed by atoms with Crippen LogP contribution in [0.15, 0.2) is 30.2 Å². The highest BCUT2D eigenvalue weighted by atomic mass is 16.5. The first-order valence-corrected chi connectivity index (χ1v) is 7.37. The van der Waals surface area contributed by atoms with Gasteiger partial charge in [-0.15, -0.1) is 0 Å². The van der Waals surface area contributed by atoms with Gasteiger partial charge < -0.3 is 14.2 Å². The lowest BCUT2D eigenvalue weighted by atomic mass is 10.1. The molecule has 1 aromatic rings. The number of allylic oxidation sites excluding steroid dienone is 1. The van der Waals surface area contributed by atoms with E-state index >= 15 is 0 Å². The van der Waals surface area contributed by atoms with Crippen molar-refractivity contribution < 1.29 is 23.8 Å². The van der Waals surface area contributed by atoms with Gasteiger partial charge in [-0.05, 0) is 24.1 Å². The van der Waals surface area contributed by atoms with Crippen molar-refractivity contribution in [2.24, 2.45) is 5.92 Å². The Balaban J connectivity index is 2.11. The third-order valence-electron chi connectivity index (χ3n) is 3.51. The number of rotatable bonds is 6. The number of benzene rings is 1. The van der Waals surface area contributed by atoms with Gasteiger partial charge in [0.25, 0.3) is 5.91 Å². The van der Waals surface area contributed by atoms with Crippen LogP contribution in [0.2, 0.25) is 0 Å². The molecule has 0 aliphatic carbocycles. The highest BCUT2D eigenvalue weighted by Crippen LogP contribution is 2.25. The number of hydrogen-bond acceptors (Lipinski definition) is 5. The maximum Gasteiger partial charge on any atom is 0.268 e. The minimum Gasteiger partial charge on any atom is -0.497 e. The molecule has 0 saturated carbocycles. The first-order valence-electron chi connectivity index (χ1n) is 7.37. The van der Waals surface area contributed by atoms with E-state index in [0.717, 1.165) is 0 Å². The number of hydrogen-bond donors (Lipinski definition) is 1. The number of carbonyl (C=O) groups excluding carboxylic acids is 2. The van der Waals surface area contributed by atoms with Gasteiger partial charge in [-0.1, -0.05) is 13.8 Å². The molecule has 1 heterocycles. The monoisotopic (exact) mass is 319 g/mol. The van der Waals surface area contributed by atoms with Crippen LogP contribution in [0.5, 0.6) is 11.5 Å². The standard InChI is InChI=1S/C17H21NO5/c1-10(2)16-17(20)18-15(23-16)9-12(19)7-11-8-13(21-3)5-6-14(11)22-4/h5-6,8-10,16H,7H2,1-4H3,(H,18,20)/b15-9+/t16-/m0/s1. The normalized spacial score (nSPS) is 18.7. The molecule has 1 N–H and O–H groups in total. The number of carbonyl (C=O) groups is 2. The SMILES string of the molecule is COc1ccc(OC)c(CC(=O)/C=C2\NC(=O)[C@H](C(C)C)O2)c1. The van der Waals surface area contributed by atoms with E-state index in [4.69, 9.17) is 14.2 Å². The molecule has 1 aliphatic rings. The highest BCUT2D eigenvalue weighted by Gasteiger charge is 2.32. The van der Waals surface area contributed by atoms with Crippen LogP contribution in [0.3, 0.4) is 0 Å². The summed E-state index contributed by atoms with van der Waals surface area (Å²) in [6.07, 6.45) is 0.870. The van der Waals surface area contributed by atoms with Crippen LogP contribution in [0.25, 0.3) is 0 Å². The number of ether oxygens (including phenoxy) is 3. The van der Waals surface area contributed by atoms with Crippen molar-refractivity contribution >= 4 is 11.7 Å². The summed E-state index contributed by atoms with van der Waals surface area (Å²) in [6, 6.07) is 5.26. The fraction of sp³-hybridized carbons (Fsp3) is 0.412. The molecule has 6 nitrogen and oxygen atoms in total. The van der Waals surface area contributed by atoms with Gasteiger partial charge in [-0.25, -0.2) is 0 Å². The average molecular weight is 319 g/mol. The second-order valence-electron chi connectivity index (χ2n) is 5.60. The Kier molecular flexibility index (Phi) is 5.26. The van der Waals surface area contributed by atoms with Crippen LogP contribution < -0.4 is 14.8 Å². The summed E-state index contributed by atoms with van der Waals surface area (Å²) in [5, 5.41) is 2.58. The minimum atomic E-state index is -0.555. The molecule has 1 amide bonds. The summed E-state index contributed by atoms with van der Waals surface area (Å²) in [4.78, 5) is 23.9. The van der Waals surface area contributed by atoms with Gasteiger partial charge in [-0.2, -0.15) is 0 Å². The van der Waals surface area contributed by atoms with E-state index in [1.54, 1.807) is 32.4 Å². The van der Waals surface area contributed by atoms with Crippen molar-refractivity contribution in [3.8, 4) is 11.5 Å². The maximum absolute atomic E-state index is 12.2. The third kappa shape index (κ3) is 4.03. The second kappa shape index (κ2) is 7.17. The summed E-state index contributed by atoms with van der Waals surface area (Å²) < 4.78 is 15.9. The van der Waals surface area contributed by atoms with Crippen molar-refractivity contribution in [1.29, 1.82) is 0 Å². The van der Waals surface area contributed by atoms with Gasteiger partial charge in [0, 0.05) is 18.1 Å². The molecule has 124 valence electrons. The predicted molar refractivity (Wildman–Crippen MR) is 84.2 cm³/mol. The molecule has 0 bridgehead atoms. The van der Waals surface area contributed by atoms with Gasteiger partial charge in [-0.3, -0.25) is 14.9 Å². The van der Waals surface area contributed by atoms with E-state index in [1.165, 1.54) is 6.08 Å². The molecule has 0 aromatic heterocycles. The Hall–Kier alpha value is -2.50. The Bertz CT molecular complexity index is 636. The topological polar surface area (TPSA) is 73.9 Å². The smallest absolute Gasteiger partial charge is 0.268 e. The molecule has 2 rings (SSSR count). The van der Waals surface area contributed by atoms with E-state index in [-0.39, 0.29) is 29.9 Å². The molecule has 1 fully saturated rings. The Morgan fingerprint density at radius 3 is 2.65 bits per heavy atom. The van der Waals surface area contributed by atoms with Gasteiger partial charge in [0.15, 0.2) is 17.8 Å². The number of methoxy groups -OCH3 is 2. The zero-order valence-corrected chi connectivity index (χ0v) is 13.7. The average Bonchev–Trinajstić information content (AvgIpc) is 2.87. The summed E-state index contributed by atoms with van der Waals surface area (Å²) in [5.74, 6) is 1.06. The van der Waals surface area contributed by atoms with Crippen LogP contribution in [0.1, 0.15) is 19.4 Å². The van der Waals surface area contributed by atoms with E-state index < -0.39 is 6.10 Å². The lowest BCUT2D eigenvalue weighted by Gasteiger charge is -2.10. The van der Waals surface area contributed by atoms with Crippen LogP contribution in [0.4, 0.5) is 0 Å². The zero-order valence-electron chi connectivity index (χ0n) is 13.7. The van der Waals surface area contributed by atoms with Gasteiger partial charge >= 0.3 is 0 Å². The molecule has 1 atom stereocenters. The summed E-state index contributed by atoms with van der Waals surface area (Å²) in [6.45, 7) is 3.77. The Labute approximate surface area is 135 Å². The summed E-state index contributed by atoms with van der Waals surface area (Å²) in [5.41, 5.74) is 0.707. The number of nitrogens with one attached hydrogen (secondary N) is 1. The predicted octanol–water partition coefficient (Wildman–Crippen LogP) is 1.83. The van der Waals surface area contributed by atoms with E-state index in [0.29, 0.717) is 17.1 Å². The van der Waals surface area contributed by atoms with Crippen molar-refractivity contribution in [3.63, 3.8) is 0 Å². The Morgan fingerprint density at radius 1 is 1.35 bits per heavy atom. The summed E-state index contributed by atoms with van der Waals surface area (Å²) >= 11 is 0. The van der Waals surface area contributed by atoms with Gasteiger partial charge in [0.05, 0.1) is 14.2 Å². The van der Waals surface area contributed by atoms with E-state index in [1.807, 2.05) is 13.8 Å². The van der Waals surface area contributed by atoms with E-state index in [9.17, 15) is 9.59 Å². The fourth-order valence-electron chi connectivity index (χ4n) is 2.33. The van der Waals surface area contributed by atoms with Crippen LogP contribution in [0, 0.1) is 5.92 Å². The van der Waals surface area contributed by atoms with Crippen molar-refractivity contribution in [2.75, 3.05) is 14.2 Å². The molecule has 0 radical (unpaired) electrons. The first kappa shape index (κ1) is 16.9. The molecule has 1 aliphatic heterocycles. The van der Waals surface area contributed by atoms with Gasteiger partial charge in [0.2, 0.25) is 0 Å². The lowest BCUT2D eigenvalue weighted by Crippen LogP contribution is -2.27. The summed E-state index contributed by atoms with van der Waals surface area (Å²) in [7, 11) is 3.10. The first-order chi connectivity index (χ1) is 10.9.